The lowest BCUT2D eigenvalue weighted by Gasteiger charge is -2.30. The van der Waals surface area contributed by atoms with Gasteiger partial charge < -0.3 is 10.2 Å². The van der Waals surface area contributed by atoms with Gasteiger partial charge in [-0.05, 0) is 37.8 Å². The Morgan fingerprint density at radius 2 is 1.87 bits per heavy atom. The lowest BCUT2D eigenvalue weighted by atomic mass is 9.99. The highest BCUT2D eigenvalue weighted by molar-refractivity contribution is 5.93. The Bertz CT molecular complexity index is 676. The molecule has 1 aliphatic heterocycles. The van der Waals surface area contributed by atoms with Crippen molar-refractivity contribution in [2.24, 2.45) is 5.92 Å². The molecule has 0 aliphatic carbocycles. The molecule has 5 heteroatoms. The Balaban J connectivity index is 1.71. The molecule has 2 heterocycles. The molecule has 1 saturated heterocycles. The zero-order valence-corrected chi connectivity index (χ0v) is 13.6. The zero-order chi connectivity index (χ0) is 16.2. The van der Waals surface area contributed by atoms with Crippen LogP contribution in [0.4, 0.5) is 11.5 Å². The Labute approximate surface area is 136 Å². The third-order valence-corrected chi connectivity index (χ3v) is 4.28. The van der Waals surface area contributed by atoms with Crippen molar-refractivity contribution in [3.63, 3.8) is 0 Å². The number of aromatic nitrogens is 2. The first kappa shape index (κ1) is 15.5. The fourth-order valence-corrected chi connectivity index (χ4v) is 2.70. The first-order valence-corrected chi connectivity index (χ1v) is 8.07. The molecule has 0 atom stereocenters. The molecule has 3 rings (SSSR count). The van der Waals surface area contributed by atoms with Gasteiger partial charge in [0.15, 0.2) is 0 Å². The largest absolute Gasteiger partial charge is 0.340 e. The van der Waals surface area contributed by atoms with E-state index in [1.54, 1.807) is 6.07 Å². The summed E-state index contributed by atoms with van der Waals surface area (Å²) >= 11 is 0. The maximum atomic E-state index is 12.6. The van der Waals surface area contributed by atoms with Gasteiger partial charge in [-0.3, -0.25) is 4.79 Å². The second kappa shape index (κ2) is 6.77. The number of likely N-dealkylation sites (tertiary alicyclic amines) is 1. The molecule has 0 bridgehead atoms. The van der Waals surface area contributed by atoms with E-state index in [0.717, 1.165) is 31.6 Å². The SMILES string of the molecule is Cc1ccc(Nc2cc(C(=O)N3CCC(C)CC3)ncn2)cc1. The summed E-state index contributed by atoms with van der Waals surface area (Å²) in [4.78, 5) is 22.8. The molecule has 0 spiro atoms. The summed E-state index contributed by atoms with van der Waals surface area (Å²) in [6.45, 7) is 5.90. The number of aryl methyl sites for hydroxylation is 1. The molecule has 1 N–H and O–H groups in total. The van der Waals surface area contributed by atoms with Gasteiger partial charge in [-0.15, -0.1) is 0 Å². The number of amides is 1. The molecule has 1 aliphatic rings. The van der Waals surface area contributed by atoms with Crippen LogP contribution in [0.25, 0.3) is 0 Å². The van der Waals surface area contributed by atoms with Crippen LogP contribution < -0.4 is 5.32 Å². The van der Waals surface area contributed by atoms with Gasteiger partial charge in [0.2, 0.25) is 0 Å². The van der Waals surface area contributed by atoms with E-state index in [0.29, 0.717) is 17.4 Å². The summed E-state index contributed by atoms with van der Waals surface area (Å²) in [5.41, 5.74) is 2.59. The first-order valence-electron chi connectivity index (χ1n) is 8.07. The summed E-state index contributed by atoms with van der Waals surface area (Å²) in [5, 5.41) is 3.21. The quantitative estimate of drug-likeness (QED) is 0.944. The van der Waals surface area contributed by atoms with Gasteiger partial charge in [0.05, 0.1) is 0 Å². The first-order chi connectivity index (χ1) is 11.1. The van der Waals surface area contributed by atoms with Crippen LogP contribution in [0.5, 0.6) is 0 Å². The maximum Gasteiger partial charge on any atom is 0.272 e. The molecule has 120 valence electrons. The number of nitrogens with zero attached hydrogens (tertiary/aromatic N) is 3. The highest BCUT2D eigenvalue weighted by Gasteiger charge is 2.22. The van der Waals surface area contributed by atoms with Gasteiger partial charge in [0.25, 0.3) is 5.91 Å². The Hall–Kier alpha value is -2.43. The Morgan fingerprint density at radius 1 is 1.17 bits per heavy atom. The molecule has 1 amide bonds. The van der Waals surface area contributed by atoms with E-state index in [1.807, 2.05) is 36.1 Å². The van der Waals surface area contributed by atoms with Gasteiger partial charge in [0.1, 0.15) is 17.8 Å². The fraction of sp³-hybridized carbons (Fsp3) is 0.389. The standard InChI is InChI=1S/C18H22N4O/c1-13-3-5-15(6-4-13)21-17-11-16(19-12-20-17)18(23)22-9-7-14(2)8-10-22/h3-6,11-12,14H,7-10H2,1-2H3,(H,19,20,21). The number of nitrogens with one attached hydrogen (secondary N) is 1. The van der Waals surface area contributed by atoms with Crippen LogP contribution in [0.15, 0.2) is 36.7 Å². The average molecular weight is 310 g/mol. The molecule has 1 aromatic heterocycles. The van der Waals surface area contributed by atoms with Crippen LogP contribution >= 0.6 is 0 Å². The number of rotatable bonds is 3. The van der Waals surface area contributed by atoms with Crippen molar-refractivity contribution in [1.29, 1.82) is 0 Å². The number of carbonyl (C=O) groups excluding carboxylic acids is 1. The van der Waals surface area contributed by atoms with Crippen molar-refractivity contribution in [3.05, 3.63) is 47.9 Å². The van der Waals surface area contributed by atoms with Crippen LogP contribution in [-0.4, -0.2) is 33.9 Å². The van der Waals surface area contributed by atoms with E-state index in [2.05, 4.69) is 22.2 Å². The van der Waals surface area contributed by atoms with Gasteiger partial charge in [-0.2, -0.15) is 0 Å². The molecule has 1 fully saturated rings. The minimum atomic E-state index is -0.00810. The molecule has 1 aromatic carbocycles. The van der Waals surface area contributed by atoms with Crippen LogP contribution in [0.2, 0.25) is 0 Å². The van der Waals surface area contributed by atoms with E-state index < -0.39 is 0 Å². The predicted octanol–water partition coefficient (Wildman–Crippen LogP) is 3.40. The van der Waals surface area contributed by atoms with E-state index in [-0.39, 0.29) is 5.91 Å². The van der Waals surface area contributed by atoms with Gasteiger partial charge in [-0.1, -0.05) is 24.6 Å². The van der Waals surface area contributed by atoms with Crippen LogP contribution in [0, 0.1) is 12.8 Å². The number of hydrogen-bond donors (Lipinski definition) is 1. The summed E-state index contributed by atoms with van der Waals surface area (Å²) < 4.78 is 0. The average Bonchev–Trinajstić information content (AvgIpc) is 2.57. The number of benzene rings is 1. The van der Waals surface area contributed by atoms with E-state index in [9.17, 15) is 4.79 Å². The van der Waals surface area contributed by atoms with Crippen molar-refractivity contribution < 1.29 is 4.79 Å². The summed E-state index contributed by atoms with van der Waals surface area (Å²) in [5.74, 6) is 1.33. The van der Waals surface area contributed by atoms with E-state index in [1.165, 1.54) is 11.9 Å². The number of hydrogen-bond acceptors (Lipinski definition) is 4. The second-order valence-electron chi connectivity index (χ2n) is 6.25. The van der Waals surface area contributed by atoms with Crippen molar-refractivity contribution in [2.45, 2.75) is 26.7 Å². The van der Waals surface area contributed by atoms with Crippen molar-refractivity contribution >= 4 is 17.4 Å². The molecular weight excluding hydrogens is 288 g/mol. The predicted molar refractivity (Wildman–Crippen MR) is 90.8 cm³/mol. The molecule has 5 nitrogen and oxygen atoms in total. The molecule has 2 aromatic rings. The maximum absolute atomic E-state index is 12.6. The van der Waals surface area contributed by atoms with Crippen molar-refractivity contribution in [1.82, 2.24) is 14.9 Å². The monoisotopic (exact) mass is 310 g/mol. The molecular formula is C18H22N4O. The number of piperidine rings is 1. The fourth-order valence-electron chi connectivity index (χ4n) is 2.70. The van der Waals surface area contributed by atoms with Crippen LogP contribution in [0.3, 0.4) is 0 Å². The summed E-state index contributed by atoms with van der Waals surface area (Å²) in [6.07, 6.45) is 3.56. The lowest BCUT2D eigenvalue weighted by Crippen LogP contribution is -2.38. The molecule has 0 radical (unpaired) electrons. The highest BCUT2D eigenvalue weighted by Crippen LogP contribution is 2.19. The van der Waals surface area contributed by atoms with Crippen molar-refractivity contribution in [2.75, 3.05) is 18.4 Å². The van der Waals surface area contributed by atoms with Gasteiger partial charge in [0, 0.05) is 24.8 Å². The number of anilines is 2. The minimum absolute atomic E-state index is 0.00810. The van der Waals surface area contributed by atoms with Crippen LogP contribution in [0.1, 0.15) is 35.8 Å². The van der Waals surface area contributed by atoms with Crippen LogP contribution in [-0.2, 0) is 0 Å². The molecule has 0 unspecified atom stereocenters. The normalized spacial score (nSPS) is 15.5. The van der Waals surface area contributed by atoms with E-state index >= 15 is 0 Å². The smallest absolute Gasteiger partial charge is 0.272 e. The molecule has 23 heavy (non-hydrogen) atoms. The lowest BCUT2D eigenvalue weighted by molar-refractivity contribution is 0.0691. The van der Waals surface area contributed by atoms with E-state index in [4.69, 9.17) is 0 Å². The van der Waals surface area contributed by atoms with Gasteiger partial charge in [-0.25, -0.2) is 9.97 Å². The topological polar surface area (TPSA) is 58.1 Å². The third-order valence-electron chi connectivity index (χ3n) is 4.28. The zero-order valence-electron chi connectivity index (χ0n) is 13.6. The van der Waals surface area contributed by atoms with Gasteiger partial charge >= 0.3 is 0 Å². The molecule has 0 saturated carbocycles. The summed E-state index contributed by atoms with van der Waals surface area (Å²) in [7, 11) is 0. The Morgan fingerprint density at radius 3 is 2.57 bits per heavy atom. The second-order valence-corrected chi connectivity index (χ2v) is 6.25. The summed E-state index contributed by atoms with van der Waals surface area (Å²) in [6, 6.07) is 9.77. The third kappa shape index (κ3) is 3.86. The highest BCUT2D eigenvalue weighted by atomic mass is 16.2. The Kier molecular flexibility index (Phi) is 4.55. The minimum Gasteiger partial charge on any atom is -0.340 e. The van der Waals surface area contributed by atoms with Crippen molar-refractivity contribution in [3.8, 4) is 0 Å². The number of carbonyl (C=O) groups is 1.